The first kappa shape index (κ1) is 33.8. The molecule has 0 spiro atoms. The quantitative estimate of drug-likeness (QED) is 0.160. The van der Waals surface area contributed by atoms with E-state index in [4.69, 9.17) is 0 Å². The standard InChI is InChI=1S/C55H45BN2/c1-53(2,3)37-28-29-47-40(31-37)42-32-38(54(4,5)6)33-43-41-30-34-18-13-14-23-39(34)51-49(41)56(58(47)50(42)43)46-26-17-25-45-52(46)57(51)48-27-16-15-24-44(48)55(45,35-19-9-7-10-20-35)36-21-11-8-12-22-36/h7-33H,1-6H3. The molecule has 2 nitrogen and oxygen atoms in total. The number of anilines is 3. The molecule has 12 rings (SSSR count). The summed E-state index contributed by atoms with van der Waals surface area (Å²) in [5, 5.41) is 5.25. The van der Waals surface area contributed by atoms with E-state index in [0.29, 0.717) is 0 Å². The van der Waals surface area contributed by atoms with Crippen LogP contribution in [0.2, 0.25) is 0 Å². The van der Waals surface area contributed by atoms with Gasteiger partial charge in [-0.15, -0.1) is 0 Å². The molecular weight excluding hydrogens is 699 g/mol. The first-order valence-electron chi connectivity index (χ1n) is 20.9. The second-order valence-electron chi connectivity index (χ2n) is 18.9. The molecule has 0 bridgehead atoms. The third-order valence-corrected chi connectivity index (χ3v) is 13.7. The predicted molar refractivity (Wildman–Crippen MR) is 247 cm³/mol. The van der Waals surface area contributed by atoms with E-state index in [1.165, 1.54) is 105 Å². The Balaban J connectivity index is 1.31. The van der Waals surface area contributed by atoms with Crippen LogP contribution in [-0.4, -0.2) is 11.3 Å². The average molecular weight is 745 g/mol. The van der Waals surface area contributed by atoms with Gasteiger partial charge in [0, 0.05) is 38.4 Å². The number of fused-ring (bicyclic) bond motifs is 11. The summed E-state index contributed by atoms with van der Waals surface area (Å²) in [6.07, 6.45) is 0. The van der Waals surface area contributed by atoms with Gasteiger partial charge in [-0.2, -0.15) is 0 Å². The SMILES string of the molecule is CC(C)(C)c1ccc2c(c1)c1cc(C(C)(C)C)cc3c1n2B1c2cccc4c2N(c2ccccc2C4(c2ccccc2)c2ccccc2)c2c1c-3cc1ccccc21. The smallest absolute Gasteiger partial charge is 0.333 e. The van der Waals surface area contributed by atoms with Crippen LogP contribution in [0.4, 0.5) is 17.1 Å². The first-order valence-corrected chi connectivity index (χ1v) is 20.9. The van der Waals surface area contributed by atoms with Crippen LogP contribution in [0, 0.1) is 0 Å². The molecule has 3 heteroatoms. The summed E-state index contributed by atoms with van der Waals surface area (Å²) in [6, 6.07) is 62.8. The minimum atomic E-state index is -0.546. The molecule has 0 amide bonds. The highest BCUT2D eigenvalue weighted by Gasteiger charge is 2.52. The molecule has 278 valence electrons. The zero-order valence-electron chi connectivity index (χ0n) is 34.1. The molecule has 3 aliphatic heterocycles. The number of aromatic nitrogens is 1. The van der Waals surface area contributed by atoms with Gasteiger partial charge in [0.15, 0.2) is 0 Å². The number of para-hydroxylation sites is 2. The van der Waals surface area contributed by atoms with Crippen molar-refractivity contribution in [1.29, 1.82) is 0 Å². The monoisotopic (exact) mass is 744 g/mol. The van der Waals surface area contributed by atoms with Crippen LogP contribution in [0.25, 0.3) is 43.7 Å². The number of hydrogen-bond donors (Lipinski definition) is 0. The van der Waals surface area contributed by atoms with Crippen molar-refractivity contribution >= 4 is 67.4 Å². The highest BCUT2D eigenvalue weighted by atomic mass is 15.2. The lowest BCUT2D eigenvalue weighted by molar-refractivity contribution is 0.590. The summed E-state index contributed by atoms with van der Waals surface area (Å²) in [4.78, 5) is 2.67. The highest BCUT2D eigenvalue weighted by molar-refractivity contribution is 6.90. The summed E-state index contributed by atoms with van der Waals surface area (Å²) in [6.45, 7) is 14.0. The summed E-state index contributed by atoms with van der Waals surface area (Å²) in [5.41, 5.74) is 19.2. The minimum absolute atomic E-state index is 0.0244. The largest absolute Gasteiger partial charge is 0.375 e. The Labute approximate surface area is 341 Å². The van der Waals surface area contributed by atoms with Crippen molar-refractivity contribution in [1.82, 2.24) is 4.48 Å². The van der Waals surface area contributed by atoms with Crippen LogP contribution >= 0.6 is 0 Å². The molecule has 0 aliphatic carbocycles. The summed E-state index contributed by atoms with van der Waals surface area (Å²) in [7, 11) is 0. The van der Waals surface area contributed by atoms with E-state index in [9.17, 15) is 0 Å². The van der Waals surface area contributed by atoms with Gasteiger partial charge in [0.25, 0.3) is 0 Å². The Morgan fingerprint density at radius 2 is 1.12 bits per heavy atom. The van der Waals surface area contributed by atoms with Gasteiger partial charge >= 0.3 is 6.85 Å². The van der Waals surface area contributed by atoms with Gasteiger partial charge in [0.05, 0.1) is 16.8 Å². The molecule has 0 atom stereocenters. The van der Waals surface area contributed by atoms with Crippen molar-refractivity contribution in [3.8, 4) is 11.1 Å². The van der Waals surface area contributed by atoms with Crippen LogP contribution < -0.4 is 15.8 Å². The molecule has 8 aromatic carbocycles. The summed E-state index contributed by atoms with van der Waals surface area (Å²) < 4.78 is 2.74. The lowest BCUT2D eigenvalue weighted by atomic mass is 9.43. The molecule has 0 saturated carbocycles. The highest BCUT2D eigenvalue weighted by Crippen LogP contribution is 2.59. The lowest BCUT2D eigenvalue weighted by Crippen LogP contribution is -2.58. The van der Waals surface area contributed by atoms with Gasteiger partial charge in [0.1, 0.15) is 0 Å². The van der Waals surface area contributed by atoms with Gasteiger partial charge in [-0.05, 0) is 102 Å². The van der Waals surface area contributed by atoms with Crippen molar-refractivity contribution in [3.05, 3.63) is 197 Å². The maximum absolute atomic E-state index is 2.74. The lowest BCUT2D eigenvalue weighted by Gasteiger charge is -2.51. The van der Waals surface area contributed by atoms with Gasteiger partial charge in [0.2, 0.25) is 0 Å². The van der Waals surface area contributed by atoms with E-state index in [1.807, 2.05) is 0 Å². The number of nitrogens with zero attached hydrogens (tertiary/aromatic N) is 2. The van der Waals surface area contributed by atoms with Crippen LogP contribution in [0.1, 0.15) is 74.9 Å². The summed E-state index contributed by atoms with van der Waals surface area (Å²) >= 11 is 0. The summed E-state index contributed by atoms with van der Waals surface area (Å²) in [5.74, 6) is 0. The second kappa shape index (κ2) is 11.4. The van der Waals surface area contributed by atoms with E-state index in [2.05, 4.69) is 215 Å². The van der Waals surface area contributed by atoms with E-state index in [1.54, 1.807) is 0 Å². The molecule has 9 aromatic rings. The van der Waals surface area contributed by atoms with Crippen molar-refractivity contribution in [3.63, 3.8) is 0 Å². The molecule has 4 heterocycles. The molecular formula is C55H45BN2. The molecule has 0 radical (unpaired) electrons. The zero-order valence-corrected chi connectivity index (χ0v) is 34.1. The molecule has 0 N–H and O–H groups in total. The van der Waals surface area contributed by atoms with Crippen LogP contribution in [0.3, 0.4) is 0 Å². The number of rotatable bonds is 2. The fourth-order valence-corrected chi connectivity index (χ4v) is 11.0. The van der Waals surface area contributed by atoms with E-state index < -0.39 is 5.41 Å². The third-order valence-electron chi connectivity index (χ3n) is 13.7. The van der Waals surface area contributed by atoms with Gasteiger partial charge in [-0.1, -0.05) is 169 Å². The molecule has 0 unspecified atom stereocenters. The Morgan fingerprint density at radius 3 is 1.84 bits per heavy atom. The van der Waals surface area contributed by atoms with E-state index >= 15 is 0 Å². The van der Waals surface area contributed by atoms with Crippen molar-refractivity contribution < 1.29 is 0 Å². The molecule has 58 heavy (non-hydrogen) atoms. The fraction of sp³-hybridized carbons (Fsp3) is 0.164. The van der Waals surface area contributed by atoms with Gasteiger partial charge in [-0.25, -0.2) is 0 Å². The predicted octanol–water partition coefficient (Wildman–Crippen LogP) is 12.7. The van der Waals surface area contributed by atoms with E-state index in [-0.39, 0.29) is 17.7 Å². The van der Waals surface area contributed by atoms with E-state index in [0.717, 1.165) is 0 Å². The van der Waals surface area contributed by atoms with Gasteiger partial charge in [-0.3, -0.25) is 0 Å². The topological polar surface area (TPSA) is 8.17 Å². The Bertz CT molecular complexity index is 3160. The zero-order chi connectivity index (χ0) is 39.3. The van der Waals surface area contributed by atoms with Crippen molar-refractivity contribution in [2.75, 3.05) is 4.90 Å². The average Bonchev–Trinajstić information content (AvgIpc) is 3.56. The Kier molecular flexibility index (Phi) is 6.65. The number of hydrogen-bond acceptors (Lipinski definition) is 1. The van der Waals surface area contributed by atoms with Gasteiger partial charge < -0.3 is 9.38 Å². The first-order chi connectivity index (χ1) is 28.1. The minimum Gasteiger partial charge on any atom is -0.375 e. The number of benzene rings is 8. The molecule has 0 fully saturated rings. The maximum atomic E-state index is 2.74. The molecule has 3 aliphatic rings. The van der Waals surface area contributed by atoms with Crippen LogP contribution in [0.5, 0.6) is 0 Å². The normalized spacial score (nSPS) is 14.8. The maximum Gasteiger partial charge on any atom is 0.333 e. The van der Waals surface area contributed by atoms with Crippen LogP contribution in [-0.2, 0) is 16.2 Å². The Hall–Kier alpha value is -6.32. The second-order valence-corrected chi connectivity index (χ2v) is 18.9. The van der Waals surface area contributed by atoms with Crippen molar-refractivity contribution in [2.45, 2.75) is 57.8 Å². The van der Waals surface area contributed by atoms with Crippen LogP contribution in [0.15, 0.2) is 164 Å². The van der Waals surface area contributed by atoms with Crippen molar-refractivity contribution in [2.24, 2.45) is 0 Å². The Morgan fingerprint density at radius 1 is 0.483 bits per heavy atom. The third kappa shape index (κ3) is 4.24. The molecule has 0 saturated heterocycles. The fourth-order valence-electron chi connectivity index (χ4n) is 11.0. The molecule has 1 aromatic heterocycles.